The zero-order chi connectivity index (χ0) is 21.5. The summed E-state index contributed by atoms with van der Waals surface area (Å²) in [6, 6.07) is 0. The standard InChI is InChI=1S/C17H33N3O4/c1-7-8-9-10-11-13(21)19-15(18)20(6)12-14(22)24-17(4,5)16(2,3)23/h23H,7-12H2,1-6H3,(H2,18,19,21)/i6D3. The lowest BCUT2D eigenvalue weighted by Crippen LogP contribution is -2.50. The van der Waals surface area contributed by atoms with Gasteiger partial charge in [0.25, 0.3) is 0 Å². The number of guanidine groups is 1. The first kappa shape index (κ1) is 17.2. The molecule has 0 spiro atoms. The van der Waals surface area contributed by atoms with Crippen LogP contribution in [-0.2, 0) is 14.3 Å². The van der Waals surface area contributed by atoms with Crippen molar-refractivity contribution in [1.82, 2.24) is 10.2 Å². The van der Waals surface area contributed by atoms with E-state index in [9.17, 15) is 14.7 Å². The second-order valence-electron chi connectivity index (χ2n) is 6.84. The number of unbranched alkanes of at least 4 members (excludes halogenated alkanes) is 3. The van der Waals surface area contributed by atoms with Crippen molar-refractivity contribution in [2.24, 2.45) is 0 Å². The van der Waals surface area contributed by atoms with Crippen LogP contribution >= 0.6 is 0 Å². The SMILES string of the molecule is [2H]C([2H])([2H])N(CC(=O)OC(C)(C)C(C)(C)O)C(=N)NC(=O)CCCCCC. The maximum absolute atomic E-state index is 12.2. The molecule has 0 heterocycles. The van der Waals surface area contributed by atoms with E-state index < -0.39 is 42.6 Å². The molecule has 0 unspecified atom stereocenters. The zero-order valence-electron chi connectivity index (χ0n) is 18.4. The van der Waals surface area contributed by atoms with Gasteiger partial charge in [0, 0.05) is 17.5 Å². The first-order chi connectivity index (χ1) is 12.1. The number of carbonyl (C=O) groups is 2. The Kier molecular flexibility index (Phi) is 6.89. The molecule has 0 aromatic carbocycles. The van der Waals surface area contributed by atoms with Crippen LogP contribution < -0.4 is 5.32 Å². The van der Waals surface area contributed by atoms with Crippen LogP contribution in [-0.4, -0.2) is 52.6 Å². The van der Waals surface area contributed by atoms with Gasteiger partial charge in [-0.25, -0.2) is 0 Å². The molecule has 0 aliphatic rings. The Morgan fingerprint density at radius 3 is 2.38 bits per heavy atom. The van der Waals surface area contributed by atoms with Crippen LogP contribution in [0.3, 0.4) is 0 Å². The van der Waals surface area contributed by atoms with Crippen molar-refractivity contribution in [2.45, 2.75) is 77.9 Å². The molecule has 0 fully saturated rings. The average Bonchev–Trinajstić information content (AvgIpc) is 2.46. The van der Waals surface area contributed by atoms with Crippen molar-refractivity contribution in [3.8, 4) is 0 Å². The topological polar surface area (TPSA) is 103 Å². The van der Waals surface area contributed by atoms with Crippen molar-refractivity contribution in [3.05, 3.63) is 0 Å². The summed E-state index contributed by atoms with van der Waals surface area (Å²) >= 11 is 0. The van der Waals surface area contributed by atoms with E-state index in [2.05, 4.69) is 5.32 Å². The van der Waals surface area contributed by atoms with Gasteiger partial charge in [0.1, 0.15) is 12.1 Å². The molecule has 0 radical (unpaired) electrons. The summed E-state index contributed by atoms with van der Waals surface area (Å²) in [5.74, 6) is -2.09. The van der Waals surface area contributed by atoms with Gasteiger partial charge in [-0.2, -0.15) is 0 Å². The molecular weight excluding hydrogens is 310 g/mol. The van der Waals surface area contributed by atoms with Crippen LogP contribution in [0.25, 0.3) is 0 Å². The molecule has 0 saturated carbocycles. The number of carbonyl (C=O) groups excluding carboxylic acids is 2. The Morgan fingerprint density at radius 1 is 1.25 bits per heavy atom. The fourth-order valence-electron chi connectivity index (χ4n) is 1.62. The molecule has 0 aromatic rings. The summed E-state index contributed by atoms with van der Waals surface area (Å²) in [6.45, 7) is 4.38. The number of hydrogen-bond donors (Lipinski definition) is 3. The van der Waals surface area contributed by atoms with Crippen LogP contribution in [0.15, 0.2) is 0 Å². The van der Waals surface area contributed by atoms with E-state index in [4.69, 9.17) is 14.3 Å². The van der Waals surface area contributed by atoms with Gasteiger partial charge in [0.05, 0.1) is 5.60 Å². The fraction of sp³-hybridized carbons (Fsp3) is 0.824. The number of esters is 1. The monoisotopic (exact) mass is 346 g/mol. The van der Waals surface area contributed by atoms with E-state index >= 15 is 0 Å². The molecule has 0 rings (SSSR count). The minimum absolute atomic E-state index is 0.174. The van der Waals surface area contributed by atoms with Gasteiger partial charge in [-0.1, -0.05) is 26.2 Å². The minimum Gasteiger partial charge on any atom is -0.455 e. The second kappa shape index (κ2) is 9.61. The highest BCUT2D eigenvalue weighted by Gasteiger charge is 2.38. The van der Waals surface area contributed by atoms with E-state index in [1.807, 2.05) is 6.92 Å². The molecule has 0 aliphatic heterocycles. The van der Waals surface area contributed by atoms with Crippen molar-refractivity contribution in [3.63, 3.8) is 0 Å². The number of nitrogens with zero attached hydrogens (tertiary/aromatic N) is 1. The van der Waals surface area contributed by atoms with Crippen LogP contribution in [0.4, 0.5) is 0 Å². The highest BCUT2D eigenvalue weighted by atomic mass is 16.6. The molecule has 24 heavy (non-hydrogen) atoms. The number of rotatable bonds is 9. The average molecular weight is 346 g/mol. The highest BCUT2D eigenvalue weighted by Crippen LogP contribution is 2.25. The Bertz CT molecular complexity index is 528. The maximum Gasteiger partial charge on any atom is 0.326 e. The van der Waals surface area contributed by atoms with Crippen LogP contribution in [0, 0.1) is 5.41 Å². The van der Waals surface area contributed by atoms with Crippen LogP contribution in [0.5, 0.6) is 0 Å². The Labute approximate surface area is 149 Å². The quantitative estimate of drug-likeness (QED) is 0.256. The number of ether oxygens (including phenoxy) is 1. The molecule has 3 N–H and O–H groups in total. The van der Waals surface area contributed by atoms with Gasteiger partial charge in [-0.3, -0.25) is 20.3 Å². The van der Waals surface area contributed by atoms with E-state index in [0.717, 1.165) is 19.3 Å². The Morgan fingerprint density at radius 2 is 1.88 bits per heavy atom. The van der Waals surface area contributed by atoms with E-state index in [0.29, 0.717) is 11.3 Å². The lowest BCUT2D eigenvalue weighted by Gasteiger charge is -2.36. The number of hydrogen-bond acceptors (Lipinski definition) is 5. The number of nitrogens with one attached hydrogen (secondary N) is 2. The molecule has 0 aromatic heterocycles. The summed E-state index contributed by atoms with van der Waals surface area (Å²) in [7, 11) is 0. The largest absolute Gasteiger partial charge is 0.455 e. The molecule has 140 valence electrons. The molecule has 0 bridgehead atoms. The molecule has 7 nitrogen and oxygen atoms in total. The maximum atomic E-state index is 12.2. The summed E-state index contributed by atoms with van der Waals surface area (Å²) in [5.41, 5.74) is -2.62. The number of likely N-dealkylation sites (N-methyl/N-ethyl adjacent to an activating group) is 1. The minimum atomic E-state index is -2.82. The van der Waals surface area contributed by atoms with Crippen LogP contribution in [0.1, 0.15) is 70.8 Å². The smallest absolute Gasteiger partial charge is 0.326 e. The van der Waals surface area contributed by atoms with Gasteiger partial charge < -0.3 is 14.7 Å². The summed E-state index contributed by atoms with van der Waals surface area (Å²) < 4.78 is 27.7. The van der Waals surface area contributed by atoms with Gasteiger partial charge in [-0.05, 0) is 34.1 Å². The van der Waals surface area contributed by atoms with Crippen molar-refractivity contribution in [1.29, 1.82) is 5.41 Å². The zero-order valence-corrected chi connectivity index (χ0v) is 15.4. The molecule has 0 aliphatic carbocycles. The van der Waals surface area contributed by atoms with Gasteiger partial charge in [0.15, 0.2) is 5.96 Å². The van der Waals surface area contributed by atoms with Gasteiger partial charge in [0.2, 0.25) is 5.91 Å². The predicted octanol–water partition coefficient (Wildman–Crippen LogP) is 2.03. The third-order valence-electron chi connectivity index (χ3n) is 3.91. The molecule has 0 saturated heterocycles. The highest BCUT2D eigenvalue weighted by molar-refractivity contribution is 5.96. The first-order valence-corrected chi connectivity index (χ1v) is 8.22. The van der Waals surface area contributed by atoms with E-state index in [1.54, 1.807) is 0 Å². The Hall–Kier alpha value is -1.63. The van der Waals surface area contributed by atoms with E-state index in [1.165, 1.54) is 27.7 Å². The lowest BCUT2D eigenvalue weighted by molar-refractivity contribution is -0.180. The van der Waals surface area contributed by atoms with Crippen molar-refractivity contribution in [2.75, 3.05) is 13.5 Å². The van der Waals surface area contributed by atoms with Gasteiger partial charge in [-0.15, -0.1) is 0 Å². The molecule has 7 heteroatoms. The van der Waals surface area contributed by atoms with Crippen molar-refractivity contribution < 1.29 is 23.5 Å². The predicted molar refractivity (Wildman–Crippen MR) is 93.7 cm³/mol. The van der Waals surface area contributed by atoms with E-state index in [-0.39, 0.29) is 6.42 Å². The third kappa shape index (κ3) is 8.29. The summed E-state index contributed by atoms with van der Waals surface area (Å²) in [6.07, 6.45) is 3.71. The molecular formula is C17H33N3O4. The van der Waals surface area contributed by atoms with Gasteiger partial charge >= 0.3 is 5.97 Å². The van der Waals surface area contributed by atoms with Crippen LogP contribution in [0.2, 0.25) is 0 Å². The number of aliphatic hydroxyl groups is 1. The summed E-state index contributed by atoms with van der Waals surface area (Å²) in [4.78, 5) is 24.5. The third-order valence-corrected chi connectivity index (χ3v) is 3.91. The second-order valence-corrected chi connectivity index (χ2v) is 6.84. The lowest BCUT2D eigenvalue weighted by atomic mass is 9.89. The fourth-order valence-corrected chi connectivity index (χ4v) is 1.62. The normalized spacial score (nSPS) is 14.2. The summed E-state index contributed by atoms with van der Waals surface area (Å²) in [5, 5.41) is 20.1. The number of amides is 1. The first-order valence-electron chi connectivity index (χ1n) is 9.72. The molecule has 1 amide bonds. The molecule has 0 atom stereocenters. The van der Waals surface area contributed by atoms with Crippen molar-refractivity contribution >= 4 is 17.8 Å². The Balaban J connectivity index is 4.92.